The van der Waals surface area contributed by atoms with Gasteiger partial charge in [-0.25, -0.2) is 0 Å². The van der Waals surface area contributed by atoms with Gasteiger partial charge in [0.2, 0.25) is 0 Å². The van der Waals surface area contributed by atoms with E-state index in [1.54, 1.807) is 0 Å². The van der Waals surface area contributed by atoms with Gasteiger partial charge >= 0.3 is 0 Å². The molecule has 0 aliphatic rings. The minimum Gasteiger partial charge on any atom is -0.303 e. The van der Waals surface area contributed by atoms with Crippen LogP contribution in [0, 0.1) is 11.8 Å². The van der Waals surface area contributed by atoms with Gasteiger partial charge in [0.25, 0.3) is 0 Å². The lowest BCUT2D eigenvalue weighted by Crippen LogP contribution is -1.99. The first-order chi connectivity index (χ1) is 4.66. The molecular weight excluding hydrogens is 124 g/mol. The molecule has 0 aliphatic heterocycles. The van der Waals surface area contributed by atoms with Gasteiger partial charge in [0.15, 0.2) is 0 Å². The van der Waals surface area contributed by atoms with E-state index in [9.17, 15) is 4.79 Å². The molecule has 0 rings (SSSR count). The fourth-order valence-electron chi connectivity index (χ4n) is 1.28. The molecule has 1 heteroatoms. The summed E-state index contributed by atoms with van der Waals surface area (Å²) in [6.07, 6.45) is 4.04. The molecule has 0 aromatic heterocycles. The van der Waals surface area contributed by atoms with Gasteiger partial charge in [-0.3, -0.25) is 0 Å². The molecule has 0 N–H and O–H groups in total. The van der Waals surface area contributed by atoms with Crippen molar-refractivity contribution in [2.75, 3.05) is 0 Å². The summed E-state index contributed by atoms with van der Waals surface area (Å²) < 4.78 is 0. The Labute approximate surface area is 63.8 Å². The Bertz CT molecular complexity index is 86.7. The van der Waals surface area contributed by atoms with Crippen molar-refractivity contribution in [3.63, 3.8) is 0 Å². The third-order valence-corrected chi connectivity index (χ3v) is 1.65. The Balaban J connectivity index is 3.24. The van der Waals surface area contributed by atoms with E-state index in [4.69, 9.17) is 0 Å². The standard InChI is InChI=1S/C9H18O/c1-8(2)7-9(3)5-4-6-10/h6,8-9H,4-5,7H2,1-3H3/t9-/m1/s1. The van der Waals surface area contributed by atoms with E-state index in [0.717, 1.165) is 25.0 Å². The second-order valence-electron chi connectivity index (χ2n) is 3.48. The van der Waals surface area contributed by atoms with Gasteiger partial charge in [0, 0.05) is 6.42 Å². The van der Waals surface area contributed by atoms with Crippen molar-refractivity contribution in [1.29, 1.82) is 0 Å². The minimum atomic E-state index is 0.713. The first-order valence-corrected chi connectivity index (χ1v) is 4.10. The SMILES string of the molecule is CC(C)C[C@H](C)CCC=O. The van der Waals surface area contributed by atoms with Crippen LogP contribution in [0.2, 0.25) is 0 Å². The fourth-order valence-corrected chi connectivity index (χ4v) is 1.28. The van der Waals surface area contributed by atoms with Crippen molar-refractivity contribution in [3.05, 3.63) is 0 Å². The van der Waals surface area contributed by atoms with Crippen LogP contribution in [0.4, 0.5) is 0 Å². The van der Waals surface area contributed by atoms with E-state index in [2.05, 4.69) is 20.8 Å². The van der Waals surface area contributed by atoms with E-state index >= 15 is 0 Å². The molecule has 10 heavy (non-hydrogen) atoms. The fraction of sp³-hybridized carbons (Fsp3) is 0.889. The molecule has 0 aliphatic carbocycles. The summed E-state index contributed by atoms with van der Waals surface area (Å²) in [7, 11) is 0. The number of hydrogen-bond acceptors (Lipinski definition) is 1. The molecule has 0 spiro atoms. The summed E-state index contributed by atoms with van der Waals surface area (Å²) in [5, 5.41) is 0. The Morgan fingerprint density at radius 3 is 2.30 bits per heavy atom. The van der Waals surface area contributed by atoms with Crippen LogP contribution in [-0.2, 0) is 4.79 Å². The molecule has 0 heterocycles. The van der Waals surface area contributed by atoms with Gasteiger partial charge < -0.3 is 4.79 Å². The van der Waals surface area contributed by atoms with E-state index in [0.29, 0.717) is 5.92 Å². The minimum absolute atomic E-state index is 0.713. The molecule has 0 unspecified atom stereocenters. The van der Waals surface area contributed by atoms with Crippen LogP contribution in [0.3, 0.4) is 0 Å². The third-order valence-electron chi connectivity index (χ3n) is 1.65. The maximum atomic E-state index is 10.00. The predicted octanol–water partition coefficient (Wildman–Crippen LogP) is 2.65. The van der Waals surface area contributed by atoms with E-state index in [1.807, 2.05) is 0 Å². The Hall–Kier alpha value is -0.330. The van der Waals surface area contributed by atoms with Crippen molar-refractivity contribution in [2.45, 2.75) is 40.0 Å². The van der Waals surface area contributed by atoms with Crippen molar-refractivity contribution in [1.82, 2.24) is 0 Å². The number of carbonyl (C=O) groups excluding carboxylic acids is 1. The van der Waals surface area contributed by atoms with Crippen molar-refractivity contribution in [3.8, 4) is 0 Å². The maximum absolute atomic E-state index is 10.00. The first kappa shape index (κ1) is 9.67. The number of hydrogen-bond donors (Lipinski definition) is 0. The van der Waals surface area contributed by atoms with Gasteiger partial charge in [-0.05, 0) is 24.7 Å². The molecule has 0 radical (unpaired) electrons. The van der Waals surface area contributed by atoms with Crippen LogP contribution in [0.5, 0.6) is 0 Å². The largest absolute Gasteiger partial charge is 0.303 e. The highest BCUT2D eigenvalue weighted by Crippen LogP contribution is 2.14. The summed E-state index contributed by atoms with van der Waals surface area (Å²) in [6, 6.07) is 0. The maximum Gasteiger partial charge on any atom is 0.120 e. The molecule has 60 valence electrons. The highest BCUT2D eigenvalue weighted by Gasteiger charge is 2.03. The lowest BCUT2D eigenvalue weighted by Gasteiger charge is -2.11. The van der Waals surface area contributed by atoms with Crippen molar-refractivity contribution in [2.24, 2.45) is 11.8 Å². The van der Waals surface area contributed by atoms with E-state index in [1.165, 1.54) is 6.42 Å². The van der Waals surface area contributed by atoms with Gasteiger partial charge in [-0.15, -0.1) is 0 Å². The predicted molar refractivity (Wildman–Crippen MR) is 43.9 cm³/mol. The zero-order chi connectivity index (χ0) is 7.98. The van der Waals surface area contributed by atoms with Crippen molar-refractivity contribution >= 4 is 6.29 Å². The molecular formula is C9H18O. The van der Waals surface area contributed by atoms with Gasteiger partial charge in [-0.2, -0.15) is 0 Å². The smallest absolute Gasteiger partial charge is 0.120 e. The summed E-state index contributed by atoms with van der Waals surface area (Å²) in [5.74, 6) is 1.48. The zero-order valence-corrected chi connectivity index (χ0v) is 7.26. The second kappa shape index (κ2) is 5.45. The summed E-state index contributed by atoms with van der Waals surface area (Å²) in [6.45, 7) is 6.65. The normalized spacial score (nSPS) is 13.6. The van der Waals surface area contributed by atoms with Crippen LogP contribution >= 0.6 is 0 Å². The average Bonchev–Trinajstić information content (AvgIpc) is 1.82. The highest BCUT2D eigenvalue weighted by molar-refractivity contribution is 5.49. The van der Waals surface area contributed by atoms with Crippen LogP contribution in [0.25, 0.3) is 0 Å². The molecule has 0 saturated heterocycles. The quantitative estimate of drug-likeness (QED) is 0.539. The van der Waals surface area contributed by atoms with Crippen molar-refractivity contribution < 1.29 is 4.79 Å². The third kappa shape index (κ3) is 5.80. The summed E-state index contributed by atoms with van der Waals surface area (Å²) >= 11 is 0. The van der Waals surface area contributed by atoms with E-state index < -0.39 is 0 Å². The zero-order valence-electron chi connectivity index (χ0n) is 7.26. The van der Waals surface area contributed by atoms with Gasteiger partial charge in [0.05, 0.1) is 0 Å². The van der Waals surface area contributed by atoms with Crippen LogP contribution in [0.1, 0.15) is 40.0 Å². The van der Waals surface area contributed by atoms with E-state index in [-0.39, 0.29) is 0 Å². The van der Waals surface area contributed by atoms with Crippen LogP contribution in [-0.4, -0.2) is 6.29 Å². The molecule has 0 saturated carbocycles. The summed E-state index contributed by atoms with van der Waals surface area (Å²) in [5.41, 5.74) is 0. The molecule has 0 bridgehead atoms. The van der Waals surface area contributed by atoms with Crippen LogP contribution in [0.15, 0.2) is 0 Å². The molecule has 1 nitrogen and oxygen atoms in total. The summed E-state index contributed by atoms with van der Waals surface area (Å²) in [4.78, 5) is 10.00. The Morgan fingerprint density at radius 1 is 1.30 bits per heavy atom. The Morgan fingerprint density at radius 2 is 1.90 bits per heavy atom. The molecule has 0 fully saturated rings. The molecule has 0 aromatic carbocycles. The number of aldehydes is 1. The average molecular weight is 142 g/mol. The van der Waals surface area contributed by atoms with Gasteiger partial charge in [-0.1, -0.05) is 20.8 Å². The molecule has 1 atom stereocenters. The lowest BCUT2D eigenvalue weighted by molar-refractivity contribution is -0.108. The van der Waals surface area contributed by atoms with Gasteiger partial charge in [0.1, 0.15) is 6.29 Å². The lowest BCUT2D eigenvalue weighted by atomic mass is 9.95. The first-order valence-electron chi connectivity index (χ1n) is 4.10. The highest BCUT2D eigenvalue weighted by atomic mass is 16.1. The second-order valence-corrected chi connectivity index (χ2v) is 3.48. The Kier molecular flexibility index (Phi) is 5.27. The number of rotatable bonds is 5. The number of carbonyl (C=O) groups is 1. The topological polar surface area (TPSA) is 17.1 Å². The monoisotopic (exact) mass is 142 g/mol. The molecule has 0 aromatic rings. The van der Waals surface area contributed by atoms with Crippen LogP contribution < -0.4 is 0 Å². The molecule has 0 amide bonds.